The van der Waals surface area contributed by atoms with Crippen LogP contribution in [-0.2, 0) is 10.0 Å². The second-order valence-electron chi connectivity index (χ2n) is 3.59. The van der Waals surface area contributed by atoms with Crippen molar-refractivity contribution in [2.75, 3.05) is 13.7 Å². The first-order valence-electron chi connectivity index (χ1n) is 5.31. The van der Waals surface area contributed by atoms with E-state index in [0.29, 0.717) is 12.2 Å². The SMILES string of the molecule is CCC(O)CNS(=O)(=O)c1ccc(OC)cc1. The normalized spacial score (nSPS) is 13.4. The Labute approximate surface area is 101 Å². The van der Waals surface area contributed by atoms with Gasteiger partial charge in [-0.1, -0.05) is 6.92 Å². The average molecular weight is 259 g/mol. The summed E-state index contributed by atoms with van der Waals surface area (Å²) in [6.45, 7) is 1.80. The van der Waals surface area contributed by atoms with E-state index in [4.69, 9.17) is 4.74 Å². The summed E-state index contributed by atoms with van der Waals surface area (Å²) in [6.07, 6.45) is -0.159. The minimum Gasteiger partial charge on any atom is -0.497 e. The zero-order valence-corrected chi connectivity index (χ0v) is 10.7. The van der Waals surface area contributed by atoms with Crippen LogP contribution in [0.1, 0.15) is 13.3 Å². The van der Waals surface area contributed by atoms with E-state index in [9.17, 15) is 13.5 Å². The Morgan fingerprint density at radius 1 is 1.35 bits per heavy atom. The van der Waals surface area contributed by atoms with Gasteiger partial charge in [-0.05, 0) is 30.7 Å². The summed E-state index contributed by atoms with van der Waals surface area (Å²) >= 11 is 0. The van der Waals surface area contributed by atoms with Gasteiger partial charge >= 0.3 is 0 Å². The van der Waals surface area contributed by atoms with E-state index in [1.165, 1.54) is 19.2 Å². The third-order valence-electron chi connectivity index (χ3n) is 2.35. The molecule has 5 nitrogen and oxygen atoms in total. The molecule has 6 heteroatoms. The number of nitrogens with one attached hydrogen (secondary N) is 1. The third-order valence-corrected chi connectivity index (χ3v) is 3.79. The largest absolute Gasteiger partial charge is 0.497 e. The Kier molecular flexibility index (Phi) is 4.92. The molecule has 0 aliphatic carbocycles. The summed E-state index contributed by atoms with van der Waals surface area (Å²) in [5.41, 5.74) is 0. The van der Waals surface area contributed by atoms with Gasteiger partial charge in [0.2, 0.25) is 10.0 Å². The summed E-state index contributed by atoms with van der Waals surface area (Å²) in [5, 5.41) is 9.30. The van der Waals surface area contributed by atoms with Gasteiger partial charge in [0, 0.05) is 6.54 Å². The number of sulfonamides is 1. The molecule has 0 aromatic heterocycles. The quantitative estimate of drug-likeness (QED) is 0.790. The fraction of sp³-hybridized carbons (Fsp3) is 0.455. The zero-order chi connectivity index (χ0) is 12.9. The van der Waals surface area contributed by atoms with Gasteiger partial charge < -0.3 is 9.84 Å². The molecule has 1 aromatic rings. The van der Waals surface area contributed by atoms with Crippen LogP contribution in [0, 0.1) is 0 Å². The average Bonchev–Trinajstić information content (AvgIpc) is 2.36. The standard InChI is InChI=1S/C11H17NO4S/c1-3-9(13)8-12-17(14,15)11-6-4-10(16-2)5-7-11/h4-7,9,12-13H,3,8H2,1-2H3. The van der Waals surface area contributed by atoms with Crippen molar-refractivity contribution in [3.63, 3.8) is 0 Å². The van der Waals surface area contributed by atoms with Crippen molar-refractivity contribution < 1.29 is 18.3 Å². The van der Waals surface area contributed by atoms with E-state index >= 15 is 0 Å². The highest BCUT2D eigenvalue weighted by molar-refractivity contribution is 7.89. The first-order chi connectivity index (χ1) is 7.99. The Morgan fingerprint density at radius 3 is 2.41 bits per heavy atom. The molecule has 0 aliphatic rings. The fourth-order valence-corrected chi connectivity index (χ4v) is 2.26. The van der Waals surface area contributed by atoms with Crippen molar-refractivity contribution in [1.29, 1.82) is 0 Å². The lowest BCUT2D eigenvalue weighted by Crippen LogP contribution is -2.31. The van der Waals surface area contributed by atoms with Crippen molar-refractivity contribution >= 4 is 10.0 Å². The maximum Gasteiger partial charge on any atom is 0.240 e. The molecule has 0 saturated heterocycles. The van der Waals surface area contributed by atoms with Gasteiger partial charge in [-0.15, -0.1) is 0 Å². The van der Waals surface area contributed by atoms with E-state index in [0.717, 1.165) is 0 Å². The summed E-state index contributed by atoms with van der Waals surface area (Å²) in [5.74, 6) is 0.595. The van der Waals surface area contributed by atoms with E-state index < -0.39 is 16.1 Å². The lowest BCUT2D eigenvalue weighted by Gasteiger charge is -2.10. The molecular weight excluding hydrogens is 242 g/mol. The van der Waals surface area contributed by atoms with Crippen molar-refractivity contribution in [2.45, 2.75) is 24.3 Å². The molecule has 0 saturated carbocycles. The van der Waals surface area contributed by atoms with Crippen LogP contribution in [0.25, 0.3) is 0 Å². The van der Waals surface area contributed by atoms with Crippen LogP contribution in [0.3, 0.4) is 0 Å². The number of methoxy groups -OCH3 is 1. The van der Waals surface area contributed by atoms with Crippen molar-refractivity contribution in [1.82, 2.24) is 4.72 Å². The Morgan fingerprint density at radius 2 is 1.94 bits per heavy atom. The molecular formula is C11H17NO4S. The molecule has 1 rings (SSSR count). The smallest absolute Gasteiger partial charge is 0.240 e. The van der Waals surface area contributed by atoms with Crippen LogP contribution in [0.2, 0.25) is 0 Å². The number of aliphatic hydroxyl groups excluding tert-OH is 1. The van der Waals surface area contributed by atoms with Crippen LogP contribution in [0.4, 0.5) is 0 Å². The lowest BCUT2D eigenvalue weighted by atomic mass is 10.3. The lowest BCUT2D eigenvalue weighted by molar-refractivity contribution is 0.174. The molecule has 1 aromatic carbocycles. The molecule has 17 heavy (non-hydrogen) atoms. The molecule has 0 bridgehead atoms. The van der Waals surface area contributed by atoms with Gasteiger partial charge in [-0.3, -0.25) is 0 Å². The maximum absolute atomic E-state index is 11.8. The fourth-order valence-electron chi connectivity index (χ4n) is 1.19. The van der Waals surface area contributed by atoms with Gasteiger partial charge in [0.1, 0.15) is 5.75 Å². The number of hydrogen-bond acceptors (Lipinski definition) is 4. The molecule has 1 unspecified atom stereocenters. The number of hydrogen-bond donors (Lipinski definition) is 2. The predicted octanol–water partition coefficient (Wildman–Crippen LogP) is 0.744. The molecule has 2 N–H and O–H groups in total. The second kappa shape index (κ2) is 6.00. The minimum atomic E-state index is -3.56. The molecule has 1 atom stereocenters. The topological polar surface area (TPSA) is 75.6 Å². The van der Waals surface area contributed by atoms with Gasteiger partial charge in [0.05, 0.1) is 18.1 Å². The zero-order valence-electron chi connectivity index (χ0n) is 9.88. The highest BCUT2D eigenvalue weighted by Crippen LogP contribution is 2.15. The number of ether oxygens (including phenoxy) is 1. The maximum atomic E-state index is 11.8. The van der Waals surface area contributed by atoms with Gasteiger partial charge in [-0.25, -0.2) is 13.1 Å². The Bertz CT molecular complexity index is 441. The van der Waals surface area contributed by atoms with Gasteiger partial charge in [-0.2, -0.15) is 0 Å². The van der Waals surface area contributed by atoms with E-state index in [2.05, 4.69) is 4.72 Å². The second-order valence-corrected chi connectivity index (χ2v) is 5.36. The first-order valence-corrected chi connectivity index (χ1v) is 6.79. The van der Waals surface area contributed by atoms with Crippen LogP contribution in [0.5, 0.6) is 5.75 Å². The van der Waals surface area contributed by atoms with E-state index in [1.54, 1.807) is 19.1 Å². The Hall–Kier alpha value is -1.11. The molecule has 0 heterocycles. The van der Waals surface area contributed by atoms with Crippen molar-refractivity contribution in [3.05, 3.63) is 24.3 Å². The number of rotatable bonds is 6. The predicted molar refractivity (Wildman–Crippen MR) is 64.5 cm³/mol. The van der Waals surface area contributed by atoms with Crippen LogP contribution in [0.15, 0.2) is 29.2 Å². The molecule has 0 aliphatic heterocycles. The third kappa shape index (κ3) is 3.99. The molecule has 0 amide bonds. The first kappa shape index (κ1) is 14.0. The summed E-state index contributed by atoms with van der Waals surface area (Å²) in [4.78, 5) is 0.154. The Balaban J connectivity index is 2.75. The van der Waals surface area contributed by atoms with Gasteiger partial charge in [0.15, 0.2) is 0 Å². The number of benzene rings is 1. The summed E-state index contributed by atoms with van der Waals surface area (Å²) in [6, 6.07) is 6.06. The molecule has 0 spiro atoms. The highest BCUT2D eigenvalue weighted by atomic mass is 32.2. The molecule has 96 valence electrons. The highest BCUT2D eigenvalue weighted by Gasteiger charge is 2.14. The van der Waals surface area contributed by atoms with Crippen molar-refractivity contribution in [2.24, 2.45) is 0 Å². The van der Waals surface area contributed by atoms with Crippen LogP contribution in [-0.4, -0.2) is 33.3 Å². The van der Waals surface area contributed by atoms with Crippen molar-refractivity contribution in [3.8, 4) is 5.75 Å². The molecule has 0 radical (unpaired) electrons. The summed E-state index contributed by atoms with van der Waals surface area (Å²) < 4.78 is 30.9. The van der Waals surface area contributed by atoms with E-state index in [1.807, 2.05) is 0 Å². The molecule has 0 fully saturated rings. The summed E-state index contributed by atoms with van der Waals surface area (Å²) in [7, 11) is -2.04. The monoisotopic (exact) mass is 259 g/mol. The van der Waals surface area contributed by atoms with Crippen LogP contribution < -0.4 is 9.46 Å². The minimum absolute atomic E-state index is 0.0187. The number of aliphatic hydroxyl groups is 1. The van der Waals surface area contributed by atoms with Gasteiger partial charge in [0.25, 0.3) is 0 Å². The van der Waals surface area contributed by atoms with Crippen LogP contribution >= 0.6 is 0 Å². The van der Waals surface area contributed by atoms with E-state index in [-0.39, 0.29) is 11.4 Å².